The van der Waals surface area contributed by atoms with E-state index in [1.165, 1.54) is 12.1 Å². The van der Waals surface area contributed by atoms with Crippen molar-refractivity contribution in [3.05, 3.63) is 71.7 Å². The number of rotatable bonds is 5. The van der Waals surface area contributed by atoms with Crippen LogP contribution in [0.15, 0.2) is 48.8 Å². The SMILES string of the molecule is CN1CCN(C(=O)c2cc(-c3cnc4cccc(-c5cc(F)c(CN6CCS(O)(O)CC6)c(F)c5)c4n3)cn2C)CC1. The molecule has 2 saturated heterocycles. The summed E-state index contributed by atoms with van der Waals surface area (Å²) < 4.78 is 52.1. The minimum absolute atomic E-state index is 0.0322. The molecule has 2 aromatic carbocycles. The van der Waals surface area contributed by atoms with Crippen molar-refractivity contribution < 1.29 is 22.7 Å². The van der Waals surface area contributed by atoms with Gasteiger partial charge in [-0.15, -0.1) is 0 Å². The Morgan fingerprint density at radius 2 is 1.64 bits per heavy atom. The fourth-order valence-corrected chi connectivity index (χ4v) is 6.85. The highest BCUT2D eigenvalue weighted by molar-refractivity contribution is 8.24. The zero-order valence-corrected chi connectivity index (χ0v) is 24.4. The van der Waals surface area contributed by atoms with Gasteiger partial charge in [0.15, 0.2) is 0 Å². The Morgan fingerprint density at radius 3 is 2.33 bits per heavy atom. The molecule has 6 rings (SSSR count). The van der Waals surface area contributed by atoms with E-state index in [0.717, 1.165) is 18.7 Å². The number of piperazine rings is 1. The summed E-state index contributed by atoms with van der Waals surface area (Å²) in [5, 5.41) is 0. The van der Waals surface area contributed by atoms with Crippen LogP contribution in [0.5, 0.6) is 0 Å². The van der Waals surface area contributed by atoms with Crippen molar-refractivity contribution in [2.75, 3.05) is 57.8 Å². The Bertz CT molecular complexity index is 1620. The van der Waals surface area contributed by atoms with E-state index in [1.807, 2.05) is 36.2 Å². The molecule has 4 aromatic rings. The van der Waals surface area contributed by atoms with Crippen LogP contribution in [0, 0.1) is 11.6 Å². The molecule has 0 spiro atoms. The lowest BCUT2D eigenvalue weighted by Gasteiger charge is -2.41. The summed E-state index contributed by atoms with van der Waals surface area (Å²) in [5.41, 5.74) is 3.76. The second-order valence-electron chi connectivity index (χ2n) is 11.2. The third-order valence-corrected chi connectivity index (χ3v) is 9.86. The molecule has 2 aromatic heterocycles. The molecule has 2 N–H and O–H groups in total. The maximum absolute atomic E-state index is 15.3. The lowest BCUT2D eigenvalue weighted by Crippen LogP contribution is -2.47. The largest absolute Gasteiger partial charge is 0.346 e. The van der Waals surface area contributed by atoms with Gasteiger partial charge in [0.2, 0.25) is 0 Å². The minimum atomic E-state index is -2.59. The Kier molecular flexibility index (Phi) is 7.75. The lowest BCUT2D eigenvalue weighted by atomic mass is 10.0. The number of aromatic nitrogens is 3. The second kappa shape index (κ2) is 11.3. The first-order valence-electron chi connectivity index (χ1n) is 13.9. The molecule has 1 amide bonds. The van der Waals surface area contributed by atoms with Crippen LogP contribution in [0.4, 0.5) is 8.78 Å². The van der Waals surface area contributed by atoms with E-state index in [9.17, 15) is 13.9 Å². The molecule has 0 saturated carbocycles. The van der Waals surface area contributed by atoms with Crippen LogP contribution in [-0.4, -0.2) is 102 Å². The minimum Gasteiger partial charge on any atom is -0.346 e. The summed E-state index contributed by atoms with van der Waals surface area (Å²) in [4.78, 5) is 28.5. The number of benzene rings is 2. The van der Waals surface area contributed by atoms with Crippen LogP contribution in [0.3, 0.4) is 0 Å². The van der Waals surface area contributed by atoms with Gasteiger partial charge in [-0.25, -0.2) is 13.8 Å². The van der Waals surface area contributed by atoms with E-state index >= 15 is 8.78 Å². The zero-order valence-electron chi connectivity index (χ0n) is 23.6. The van der Waals surface area contributed by atoms with Crippen molar-refractivity contribution in [1.82, 2.24) is 29.2 Å². The maximum atomic E-state index is 15.3. The summed E-state index contributed by atoms with van der Waals surface area (Å²) in [6.45, 7) is 3.79. The molecule has 12 heteroatoms. The van der Waals surface area contributed by atoms with E-state index < -0.39 is 22.2 Å². The topological polar surface area (TPSA) is 98.0 Å². The molecule has 2 fully saturated rings. The average molecular weight is 597 g/mol. The van der Waals surface area contributed by atoms with E-state index in [1.54, 1.807) is 29.0 Å². The molecule has 0 radical (unpaired) electrons. The molecule has 0 unspecified atom stereocenters. The summed E-state index contributed by atoms with van der Waals surface area (Å²) in [6, 6.07) is 9.77. The second-order valence-corrected chi connectivity index (χ2v) is 13.6. The first-order chi connectivity index (χ1) is 20.1. The number of aryl methyl sites for hydroxylation is 1. The summed E-state index contributed by atoms with van der Waals surface area (Å²) in [7, 11) is 1.28. The average Bonchev–Trinajstić information content (AvgIpc) is 3.36. The monoisotopic (exact) mass is 596 g/mol. The number of para-hydroxylation sites is 1. The van der Waals surface area contributed by atoms with E-state index in [4.69, 9.17) is 4.98 Å². The van der Waals surface area contributed by atoms with Crippen molar-refractivity contribution in [3.63, 3.8) is 0 Å². The number of hydrogen-bond acceptors (Lipinski definition) is 7. The molecule has 2 aliphatic heterocycles. The van der Waals surface area contributed by atoms with Gasteiger partial charge in [0.1, 0.15) is 17.3 Å². The third kappa shape index (κ3) is 5.77. The molecule has 0 aliphatic carbocycles. The lowest BCUT2D eigenvalue weighted by molar-refractivity contribution is 0.0654. The Hall–Kier alpha value is -3.42. The smallest absolute Gasteiger partial charge is 0.270 e. The highest BCUT2D eigenvalue weighted by atomic mass is 32.3. The van der Waals surface area contributed by atoms with Crippen LogP contribution < -0.4 is 0 Å². The van der Waals surface area contributed by atoms with Crippen molar-refractivity contribution in [3.8, 4) is 22.4 Å². The fraction of sp³-hybridized carbons (Fsp3) is 0.367. The first kappa shape index (κ1) is 28.7. The highest BCUT2D eigenvalue weighted by Crippen LogP contribution is 2.41. The number of fused-ring (bicyclic) bond motifs is 1. The van der Waals surface area contributed by atoms with Crippen LogP contribution in [-0.2, 0) is 13.6 Å². The highest BCUT2D eigenvalue weighted by Gasteiger charge is 2.25. The van der Waals surface area contributed by atoms with Gasteiger partial charge < -0.3 is 14.4 Å². The summed E-state index contributed by atoms with van der Waals surface area (Å²) in [5.74, 6) is -0.955. The van der Waals surface area contributed by atoms with Crippen LogP contribution in [0.25, 0.3) is 33.4 Å². The van der Waals surface area contributed by atoms with Crippen LogP contribution >= 0.6 is 10.6 Å². The van der Waals surface area contributed by atoms with Gasteiger partial charge in [-0.2, -0.15) is 10.6 Å². The molecule has 4 heterocycles. The van der Waals surface area contributed by atoms with Crippen molar-refractivity contribution in [1.29, 1.82) is 0 Å². The fourth-order valence-electron chi connectivity index (χ4n) is 5.55. The van der Waals surface area contributed by atoms with Gasteiger partial charge >= 0.3 is 0 Å². The first-order valence-corrected chi connectivity index (χ1v) is 15.8. The quantitative estimate of drug-likeness (QED) is 0.349. The Balaban J connectivity index is 1.29. The molecular weight excluding hydrogens is 562 g/mol. The zero-order chi connectivity index (χ0) is 29.6. The van der Waals surface area contributed by atoms with Crippen LogP contribution in [0.2, 0.25) is 0 Å². The van der Waals surface area contributed by atoms with Crippen molar-refractivity contribution >= 4 is 27.5 Å². The third-order valence-electron chi connectivity index (χ3n) is 8.19. The van der Waals surface area contributed by atoms with Crippen LogP contribution in [0.1, 0.15) is 16.1 Å². The maximum Gasteiger partial charge on any atom is 0.270 e. The summed E-state index contributed by atoms with van der Waals surface area (Å²) >= 11 is 0. The Labute approximate surface area is 244 Å². The molecule has 0 bridgehead atoms. The van der Waals surface area contributed by atoms with Gasteiger partial charge in [0.25, 0.3) is 5.91 Å². The van der Waals surface area contributed by atoms with E-state index in [2.05, 4.69) is 9.88 Å². The number of carbonyl (C=O) groups excluding carboxylic acids is 1. The number of amides is 1. The van der Waals surface area contributed by atoms with Crippen molar-refractivity contribution in [2.45, 2.75) is 6.54 Å². The van der Waals surface area contributed by atoms with Gasteiger partial charge in [-0.1, -0.05) is 12.1 Å². The standard InChI is InChI=1S/C30H34F2N6O3S/c1-35-6-8-38(9-7-35)30(39)28-16-21(18-36(28)2)27-17-33-26-5-3-4-22(29(26)34-27)20-14-24(31)23(25(32)15-20)19-37-10-12-42(40,41)13-11-37/h3-5,14-18,40-41H,6-13,19H2,1-2H3. The molecule has 222 valence electrons. The normalized spacial score (nSPS) is 18.9. The predicted molar refractivity (Wildman–Crippen MR) is 161 cm³/mol. The van der Waals surface area contributed by atoms with Crippen molar-refractivity contribution in [2.24, 2.45) is 7.05 Å². The number of halogens is 2. The number of likely N-dealkylation sites (N-methyl/N-ethyl adjacent to an activating group) is 1. The Morgan fingerprint density at radius 1 is 0.952 bits per heavy atom. The molecular formula is C30H34F2N6O3S. The molecule has 9 nitrogen and oxygen atoms in total. The van der Waals surface area contributed by atoms with Gasteiger partial charge in [-0.05, 0) is 36.9 Å². The van der Waals surface area contributed by atoms with Gasteiger partial charge in [-0.3, -0.25) is 23.8 Å². The number of carbonyl (C=O) groups is 1. The molecule has 0 atom stereocenters. The van der Waals surface area contributed by atoms with E-state index in [-0.39, 0.29) is 29.5 Å². The van der Waals surface area contributed by atoms with Gasteiger partial charge in [0.05, 0.1) is 34.4 Å². The molecule has 42 heavy (non-hydrogen) atoms. The molecule has 2 aliphatic rings. The summed E-state index contributed by atoms with van der Waals surface area (Å²) in [6.07, 6.45) is 3.49. The van der Waals surface area contributed by atoms with E-state index in [0.29, 0.717) is 59.7 Å². The number of nitrogens with zero attached hydrogens (tertiary/aromatic N) is 6. The van der Waals surface area contributed by atoms with Gasteiger partial charge in [0, 0.05) is 75.7 Å². The predicted octanol–water partition coefficient (Wildman–Crippen LogP) is 4.53. The number of hydrogen-bond donors (Lipinski definition) is 2.